The highest BCUT2D eigenvalue weighted by Gasteiger charge is 2.37. The normalized spacial score (nSPS) is 17.5. The van der Waals surface area contributed by atoms with Gasteiger partial charge in [0.1, 0.15) is 0 Å². The second kappa shape index (κ2) is 4.74. The van der Waals surface area contributed by atoms with E-state index in [1.165, 1.54) is 0 Å². The van der Waals surface area contributed by atoms with Crippen LogP contribution in [0.15, 0.2) is 0 Å². The van der Waals surface area contributed by atoms with E-state index in [-0.39, 0.29) is 0 Å². The van der Waals surface area contributed by atoms with Gasteiger partial charge < -0.3 is 10.2 Å². The van der Waals surface area contributed by atoms with Crippen molar-refractivity contribution >= 4 is 11.9 Å². The predicted octanol–water partition coefficient (Wildman–Crippen LogP) is 0.672. The molecule has 0 aromatic heterocycles. The van der Waals surface area contributed by atoms with Gasteiger partial charge in [0.25, 0.3) is 0 Å². The first-order chi connectivity index (χ1) is 5.91. The third kappa shape index (κ3) is 2.96. The zero-order chi connectivity index (χ0) is 10.6. The monoisotopic (exact) mass is 195 g/mol. The van der Waals surface area contributed by atoms with Crippen LogP contribution in [0.1, 0.15) is 6.42 Å². The SMILES string of the molecule is [CH2]CC(C(F)C(=O)O)C(F)C(=O)O. The molecule has 4 nitrogen and oxygen atoms in total. The Hall–Kier alpha value is -1.20. The summed E-state index contributed by atoms with van der Waals surface area (Å²) >= 11 is 0. The maximum absolute atomic E-state index is 12.7. The number of alkyl halides is 2. The fourth-order valence-corrected chi connectivity index (χ4v) is 0.807. The van der Waals surface area contributed by atoms with E-state index >= 15 is 0 Å². The van der Waals surface area contributed by atoms with Crippen LogP contribution in [0.4, 0.5) is 8.78 Å². The molecule has 0 aliphatic heterocycles. The maximum atomic E-state index is 12.7. The Morgan fingerprint density at radius 1 is 1.15 bits per heavy atom. The lowest BCUT2D eigenvalue weighted by Gasteiger charge is -2.17. The molecule has 6 heteroatoms. The van der Waals surface area contributed by atoms with Gasteiger partial charge in [-0.15, -0.1) is 0 Å². The van der Waals surface area contributed by atoms with Crippen LogP contribution in [0.25, 0.3) is 0 Å². The van der Waals surface area contributed by atoms with Crippen molar-refractivity contribution in [1.82, 2.24) is 0 Å². The van der Waals surface area contributed by atoms with Crippen LogP contribution >= 0.6 is 0 Å². The Morgan fingerprint density at radius 2 is 1.46 bits per heavy atom. The molecular formula is C7H9F2O4. The van der Waals surface area contributed by atoms with Crippen molar-refractivity contribution in [3.63, 3.8) is 0 Å². The van der Waals surface area contributed by atoms with Crippen LogP contribution in [0, 0.1) is 12.8 Å². The molecule has 0 bridgehead atoms. The number of aliphatic carboxylic acids is 2. The van der Waals surface area contributed by atoms with Gasteiger partial charge in [0.05, 0.1) is 0 Å². The molecule has 13 heavy (non-hydrogen) atoms. The second-order valence-electron chi connectivity index (χ2n) is 2.43. The quantitative estimate of drug-likeness (QED) is 0.676. The van der Waals surface area contributed by atoms with Crippen LogP contribution < -0.4 is 0 Å². The molecule has 0 heterocycles. The molecule has 0 aromatic carbocycles. The number of carbonyl (C=O) groups is 2. The Bertz CT molecular complexity index is 187. The van der Waals surface area contributed by atoms with Crippen LogP contribution in [0.2, 0.25) is 0 Å². The average Bonchev–Trinajstić information content (AvgIpc) is 2.04. The molecule has 0 saturated heterocycles. The molecular weight excluding hydrogens is 186 g/mol. The predicted molar refractivity (Wildman–Crippen MR) is 38.5 cm³/mol. The first kappa shape index (κ1) is 11.8. The van der Waals surface area contributed by atoms with Crippen molar-refractivity contribution in [2.75, 3.05) is 0 Å². The van der Waals surface area contributed by atoms with Crippen molar-refractivity contribution in [1.29, 1.82) is 0 Å². The lowest BCUT2D eigenvalue weighted by molar-refractivity contribution is -0.151. The van der Waals surface area contributed by atoms with E-state index in [2.05, 4.69) is 6.92 Å². The zero-order valence-electron chi connectivity index (χ0n) is 6.61. The molecule has 0 aromatic rings. The minimum atomic E-state index is -2.54. The minimum Gasteiger partial charge on any atom is -0.479 e. The van der Waals surface area contributed by atoms with Gasteiger partial charge in [0.2, 0.25) is 12.3 Å². The van der Waals surface area contributed by atoms with E-state index < -0.39 is 36.6 Å². The number of rotatable bonds is 5. The molecule has 75 valence electrons. The summed E-state index contributed by atoms with van der Waals surface area (Å²) in [6, 6.07) is 0. The van der Waals surface area contributed by atoms with Gasteiger partial charge in [0.15, 0.2) is 0 Å². The Morgan fingerprint density at radius 3 is 1.62 bits per heavy atom. The van der Waals surface area contributed by atoms with Crippen molar-refractivity contribution in [3.05, 3.63) is 6.92 Å². The number of carboxylic acid groups (broad SMARTS) is 2. The van der Waals surface area contributed by atoms with Gasteiger partial charge in [-0.1, -0.05) is 6.92 Å². The largest absolute Gasteiger partial charge is 0.479 e. The van der Waals surface area contributed by atoms with Gasteiger partial charge in [-0.05, 0) is 6.42 Å². The zero-order valence-corrected chi connectivity index (χ0v) is 6.61. The van der Waals surface area contributed by atoms with Crippen molar-refractivity contribution in [3.8, 4) is 0 Å². The third-order valence-electron chi connectivity index (χ3n) is 1.56. The highest BCUT2D eigenvalue weighted by molar-refractivity contribution is 5.77. The topological polar surface area (TPSA) is 74.6 Å². The summed E-state index contributed by atoms with van der Waals surface area (Å²) in [5.74, 6) is -5.50. The summed E-state index contributed by atoms with van der Waals surface area (Å²) in [5.41, 5.74) is 0. The van der Waals surface area contributed by atoms with Crippen molar-refractivity contribution < 1.29 is 28.6 Å². The van der Waals surface area contributed by atoms with E-state index in [1.54, 1.807) is 0 Å². The van der Waals surface area contributed by atoms with E-state index in [0.717, 1.165) is 0 Å². The van der Waals surface area contributed by atoms with Gasteiger partial charge in [-0.3, -0.25) is 0 Å². The molecule has 0 saturated carbocycles. The molecule has 1 radical (unpaired) electrons. The molecule has 0 aliphatic rings. The highest BCUT2D eigenvalue weighted by Crippen LogP contribution is 2.20. The first-order valence-corrected chi connectivity index (χ1v) is 3.44. The smallest absolute Gasteiger partial charge is 0.338 e. The molecule has 0 amide bonds. The van der Waals surface area contributed by atoms with Gasteiger partial charge in [-0.2, -0.15) is 0 Å². The second-order valence-corrected chi connectivity index (χ2v) is 2.43. The molecule has 0 fully saturated rings. The van der Waals surface area contributed by atoms with Gasteiger partial charge in [-0.25, -0.2) is 18.4 Å². The fraction of sp³-hybridized carbons (Fsp3) is 0.571. The fourth-order valence-electron chi connectivity index (χ4n) is 0.807. The molecule has 0 rings (SSSR count). The number of carboxylic acids is 2. The maximum Gasteiger partial charge on any atom is 0.338 e. The van der Waals surface area contributed by atoms with Gasteiger partial charge in [0, 0.05) is 5.92 Å². The first-order valence-electron chi connectivity index (χ1n) is 3.44. The van der Waals surface area contributed by atoms with Crippen molar-refractivity contribution in [2.24, 2.45) is 5.92 Å². The van der Waals surface area contributed by atoms with E-state index in [4.69, 9.17) is 10.2 Å². The Kier molecular flexibility index (Phi) is 4.30. The summed E-state index contributed by atoms with van der Waals surface area (Å²) in [6.07, 6.45) is -5.51. The van der Waals surface area contributed by atoms with E-state index in [1.807, 2.05) is 0 Å². The Balaban J connectivity index is 4.49. The minimum absolute atomic E-state index is 0.430. The highest BCUT2D eigenvalue weighted by atomic mass is 19.1. The van der Waals surface area contributed by atoms with Crippen LogP contribution in [-0.2, 0) is 9.59 Å². The van der Waals surface area contributed by atoms with Crippen LogP contribution in [0.3, 0.4) is 0 Å². The summed E-state index contributed by atoms with van der Waals surface area (Å²) < 4.78 is 25.3. The number of halogens is 2. The number of hydrogen-bond donors (Lipinski definition) is 2. The summed E-state index contributed by atoms with van der Waals surface area (Å²) in [7, 11) is 0. The molecule has 2 atom stereocenters. The molecule has 2 unspecified atom stereocenters. The molecule has 0 aliphatic carbocycles. The van der Waals surface area contributed by atoms with Crippen LogP contribution in [-0.4, -0.2) is 34.5 Å². The van der Waals surface area contributed by atoms with Crippen molar-refractivity contribution in [2.45, 2.75) is 18.8 Å². The lowest BCUT2D eigenvalue weighted by atomic mass is 9.95. The number of hydrogen-bond acceptors (Lipinski definition) is 2. The summed E-state index contributed by atoms with van der Waals surface area (Å²) in [6.45, 7) is 3.09. The van der Waals surface area contributed by atoms with Gasteiger partial charge >= 0.3 is 11.9 Å². The lowest BCUT2D eigenvalue weighted by Crippen LogP contribution is -2.36. The average molecular weight is 195 g/mol. The third-order valence-corrected chi connectivity index (χ3v) is 1.56. The summed E-state index contributed by atoms with van der Waals surface area (Å²) in [4.78, 5) is 20.1. The molecule has 2 N–H and O–H groups in total. The van der Waals surface area contributed by atoms with E-state index in [0.29, 0.717) is 0 Å². The van der Waals surface area contributed by atoms with Crippen LogP contribution in [0.5, 0.6) is 0 Å². The standard InChI is InChI=1S/C7H9F2O4/c1-2-3(4(8)6(10)11)5(9)7(12)13/h3-5H,1-2H2,(H,10,11)(H,12,13). The molecule has 0 spiro atoms. The Labute approximate surface area is 73.2 Å². The summed E-state index contributed by atoms with van der Waals surface area (Å²) in [5, 5.41) is 16.3. The van der Waals surface area contributed by atoms with E-state index in [9.17, 15) is 18.4 Å².